The Morgan fingerprint density at radius 1 is 1.07 bits per heavy atom. The van der Waals surface area contributed by atoms with Gasteiger partial charge in [0.25, 0.3) is 11.8 Å². The molecule has 140 valence electrons. The maximum Gasteiger partial charge on any atom is 0.273 e. The van der Waals surface area contributed by atoms with Gasteiger partial charge in [-0.3, -0.25) is 9.59 Å². The summed E-state index contributed by atoms with van der Waals surface area (Å²) >= 11 is 0. The van der Waals surface area contributed by atoms with Crippen molar-refractivity contribution in [3.63, 3.8) is 0 Å². The van der Waals surface area contributed by atoms with Gasteiger partial charge in [-0.15, -0.1) is 0 Å². The van der Waals surface area contributed by atoms with Crippen LogP contribution in [0.4, 0.5) is 5.82 Å². The molecule has 2 heterocycles. The lowest BCUT2D eigenvalue weighted by atomic mass is 10.1. The van der Waals surface area contributed by atoms with E-state index >= 15 is 0 Å². The number of carbonyl (C=O) groups is 2. The van der Waals surface area contributed by atoms with Gasteiger partial charge in [-0.2, -0.15) is 0 Å². The molecule has 0 fully saturated rings. The van der Waals surface area contributed by atoms with Gasteiger partial charge in [0.1, 0.15) is 0 Å². The van der Waals surface area contributed by atoms with Crippen LogP contribution >= 0.6 is 0 Å². The molecule has 7 nitrogen and oxygen atoms in total. The first-order valence-electron chi connectivity index (χ1n) is 8.88. The van der Waals surface area contributed by atoms with E-state index in [4.69, 9.17) is 5.73 Å². The van der Waals surface area contributed by atoms with Crippen molar-refractivity contribution in [3.8, 4) is 11.3 Å². The van der Waals surface area contributed by atoms with Crippen molar-refractivity contribution in [1.82, 2.24) is 20.2 Å². The van der Waals surface area contributed by atoms with Gasteiger partial charge in [-0.1, -0.05) is 36.4 Å². The van der Waals surface area contributed by atoms with Crippen molar-refractivity contribution in [3.05, 3.63) is 77.1 Å². The number of nitrogen functional groups attached to an aromatic ring is 1. The van der Waals surface area contributed by atoms with E-state index < -0.39 is 5.91 Å². The average molecular weight is 373 g/mol. The van der Waals surface area contributed by atoms with Crippen molar-refractivity contribution >= 4 is 17.6 Å². The van der Waals surface area contributed by atoms with Crippen LogP contribution < -0.4 is 11.1 Å². The standard InChI is InChI=1S/C21H19N5O2/c1-23-20(27)18-19(22)24-10-17(25-18)13-7-4-8-14(9-13)21(28)26-11-15-5-2-3-6-16(15)12-26/h2-10H,11-12H2,1H3,(H2,22,24)(H,23,27). The van der Waals surface area contributed by atoms with Crippen molar-refractivity contribution in [2.75, 3.05) is 12.8 Å². The van der Waals surface area contributed by atoms with Crippen LogP contribution in [0.25, 0.3) is 11.3 Å². The Balaban J connectivity index is 1.62. The van der Waals surface area contributed by atoms with Gasteiger partial charge >= 0.3 is 0 Å². The number of aromatic nitrogens is 2. The van der Waals surface area contributed by atoms with Gasteiger partial charge in [0.15, 0.2) is 11.5 Å². The second-order valence-corrected chi connectivity index (χ2v) is 6.58. The molecule has 1 aliphatic rings. The lowest BCUT2D eigenvalue weighted by Crippen LogP contribution is -2.25. The van der Waals surface area contributed by atoms with Gasteiger partial charge < -0.3 is 16.0 Å². The fourth-order valence-corrected chi connectivity index (χ4v) is 3.29. The third-order valence-electron chi connectivity index (χ3n) is 4.78. The molecule has 0 aliphatic carbocycles. The number of fused-ring (bicyclic) bond motifs is 1. The molecule has 0 saturated carbocycles. The first-order chi connectivity index (χ1) is 13.6. The number of benzene rings is 2. The lowest BCUT2D eigenvalue weighted by molar-refractivity contribution is 0.0751. The van der Waals surface area contributed by atoms with Gasteiger partial charge in [-0.25, -0.2) is 9.97 Å². The fourth-order valence-electron chi connectivity index (χ4n) is 3.29. The quantitative estimate of drug-likeness (QED) is 0.733. The van der Waals surface area contributed by atoms with Crippen LogP contribution in [0.3, 0.4) is 0 Å². The molecule has 3 aromatic rings. The summed E-state index contributed by atoms with van der Waals surface area (Å²) in [4.78, 5) is 35.1. The van der Waals surface area contributed by atoms with Crippen LogP contribution in [-0.2, 0) is 13.1 Å². The SMILES string of the molecule is CNC(=O)c1nc(-c2cccc(C(=O)N3Cc4ccccc4C3)c2)cnc1N. The van der Waals surface area contributed by atoms with E-state index in [1.165, 1.54) is 24.4 Å². The average Bonchev–Trinajstić information content (AvgIpc) is 3.17. The molecule has 0 bridgehead atoms. The molecule has 0 saturated heterocycles. The largest absolute Gasteiger partial charge is 0.382 e. The van der Waals surface area contributed by atoms with E-state index in [1.54, 1.807) is 18.2 Å². The van der Waals surface area contributed by atoms with Crippen molar-refractivity contribution < 1.29 is 9.59 Å². The zero-order valence-electron chi connectivity index (χ0n) is 15.3. The maximum absolute atomic E-state index is 13.0. The minimum absolute atomic E-state index is 0.0482. The zero-order chi connectivity index (χ0) is 19.7. The second kappa shape index (κ2) is 7.11. The summed E-state index contributed by atoms with van der Waals surface area (Å²) in [7, 11) is 1.50. The highest BCUT2D eigenvalue weighted by molar-refractivity contribution is 5.97. The van der Waals surface area contributed by atoms with Crippen LogP contribution in [-0.4, -0.2) is 33.7 Å². The molecule has 28 heavy (non-hydrogen) atoms. The van der Waals surface area contributed by atoms with Crippen molar-refractivity contribution in [2.45, 2.75) is 13.1 Å². The summed E-state index contributed by atoms with van der Waals surface area (Å²) in [6.07, 6.45) is 1.50. The number of nitrogens with zero attached hydrogens (tertiary/aromatic N) is 3. The molecule has 1 aromatic heterocycles. The summed E-state index contributed by atoms with van der Waals surface area (Å²) in [6.45, 7) is 1.20. The molecular weight excluding hydrogens is 354 g/mol. The molecule has 0 spiro atoms. The molecule has 0 atom stereocenters. The monoisotopic (exact) mass is 373 g/mol. The van der Waals surface area contributed by atoms with Crippen LogP contribution in [0, 0.1) is 0 Å². The number of amides is 2. The molecule has 0 unspecified atom stereocenters. The Bertz CT molecular complexity index is 1050. The van der Waals surface area contributed by atoms with Crippen LogP contribution in [0.5, 0.6) is 0 Å². The molecule has 0 radical (unpaired) electrons. The van der Waals surface area contributed by atoms with Crippen molar-refractivity contribution in [2.24, 2.45) is 0 Å². The molecule has 2 amide bonds. The number of hydrogen-bond acceptors (Lipinski definition) is 5. The van der Waals surface area contributed by atoms with Gasteiger partial charge in [0, 0.05) is 31.3 Å². The minimum atomic E-state index is -0.408. The molecule has 2 aromatic carbocycles. The van der Waals surface area contributed by atoms with Gasteiger partial charge in [0.2, 0.25) is 0 Å². The smallest absolute Gasteiger partial charge is 0.273 e. The van der Waals surface area contributed by atoms with Crippen LogP contribution in [0.15, 0.2) is 54.7 Å². The van der Waals surface area contributed by atoms with Crippen LogP contribution in [0.1, 0.15) is 32.0 Å². The third kappa shape index (κ3) is 3.18. The highest BCUT2D eigenvalue weighted by Crippen LogP contribution is 2.26. The maximum atomic E-state index is 13.0. The normalized spacial score (nSPS) is 12.5. The first-order valence-corrected chi connectivity index (χ1v) is 8.88. The van der Waals surface area contributed by atoms with Gasteiger partial charge in [0.05, 0.1) is 11.9 Å². The summed E-state index contributed by atoms with van der Waals surface area (Å²) in [6, 6.07) is 15.2. The molecule has 3 N–H and O–H groups in total. The van der Waals surface area contributed by atoms with E-state index in [-0.39, 0.29) is 17.4 Å². The minimum Gasteiger partial charge on any atom is -0.382 e. The van der Waals surface area contributed by atoms with Gasteiger partial charge in [-0.05, 0) is 23.3 Å². The topological polar surface area (TPSA) is 101 Å². The summed E-state index contributed by atoms with van der Waals surface area (Å²) in [5.41, 5.74) is 9.89. The second-order valence-electron chi connectivity index (χ2n) is 6.58. The molecule has 7 heteroatoms. The number of carbonyl (C=O) groups excluding carboxylic acids is 2. The number of nitrogens with two attached hydrogens (primary N) is 1. The van der Waals surface area contributed by atoms with Crippen molar-refractivity contribution in [1.29, 1.82) is 0 Å². The highest BCUT2D eigenvalue weighted by Gasteiger charge is 2.24. The van der Waals surface area contributed by atoms with E-state index in [2.05, 4.69) is 15.3 Å². The Morgan fingerprint density at radius 2 is 1.79 bits per heavy atom. The molecular formula is C21H19N5O2. The Morgan fingerprint density at radius 3 is 2.46 bits per heavy atom. The Kier molecular flexibility index (Phi) is 4.49. The number of anilines is 1. The van der Waals surface area contributed by atoms with E-state index in [0.29, 0.717) is 29.9 Å². The summed E-state index contributed by atoms with van der Waals surface area (Å²) < 4.78 is 0. The zero-order valence-corrected chi connectivity index (χ0v) is 15.3. The Labute approximate surface area is 162 Å². The number of hydrogen-bond donors (Lipinski definition) is 2. The molecule has 1 aliphatic heterocycles. The summed E-state index contributed by atoms with van der Waals surface area (Å²) in [5.74, 6) is -0.396. The van der Waals surface area contributed by atoms with E-state index in [0.717, 1.165) is 0 Å². The number of nitrogens with one attached hydrogen (secondary N) is 1. The number of rotatable bonds is 3. The van der Waals surface area contributed by atoms with E-state index in [9.17, 15) is 9.59 Å². The fraction of sp³-hybridized carbons (Fsp3) is 0.143. The predicted molar refractivity (Wildman–Crippen MR) is 105 cm³/mol. The van der Waals surface area contributed by atoms with Crippen LogP contribution in [0.2, 0.25) is 0 Å². The Hall–Kier alpha value is -3.74. The van der Waals surface area contributed by atoms with E-state index in [1.807, 2.05) is 35.2 Å². The summed E-state index contributed by atoms with van der Waals surface area (Å²) in [5, 5.41) is 2.49. The lowest BCUT2D eigenvalue weighted by Gasteiger charge is -2.16. The highest BCUT2D eigenvalue weighted by atomic mass is 16.2. The molecule has 4 rings (SSSR count). The first kappa shape index (κ1) is 17.7. The predicted octanol–water partition coefficient (Wildman–Crippen LogP) is 2.24. The third-order valence-corrected chi connectivity index (χ3v) is 4.78.